The Morgan fingerprint density at radius 2 is 1.55 bits per heavy atom. The summed E-state index contributed by atoms with van der Waals surface area (Å²) in [5.74, 6) is 0.870. The van der Waals surface area contributed by atoms with Gasteiger partial charge in [0, 0.05) is 18.6 Å². The van der Waals surface area contributed by atoms with Crippen LogP contribution < -0.4 is 5.73 Å². The van der Waals surface area contributed by atoms with E-state index in [4.69, 9.17) is 5.73 Å². The van der Waals surface area contributed by atoms with Crippen LogP contribution in [0.5, 0.6) is 0 Å². The number of piperidine rings is 4. The Bertz CT molecular complexity index is 345. The summed E-state index contributed by atoms with van der Waals surface area (Å²) in [6.45, 7) is 7.42. The first-order valence-corrected chi connectivity index (χ1v) is 8.94. The number of rotatable bonds is 2. The maximum Gasteiger partial charge on any atom is 0.0487 e. The standard InChI is InChI=1S/C17H31N3/c18-13-17(14-19-9-3-15(17)4-10-19)20-11-7-16(8-12-20)5-1-2-6-16/h15H,1-14,18H2. The summed E-state index contributed by atoms with van der Waals surface area (Å²) in [7, 11) is 0. The van der Waals surface area contributed by atoms with Gasteiger partial charge in [0.15, 0.2) is 0 Å². The van der Waals surface area contributed by atoms with Gasteiger partial charge in [-0.25, -0.2) is 0 Å². The molecule has 0 radical (unpaired) electrons. The molecule has 5 fully saturated rings. The topological polar surface area (TPSA) is 32.5 Å². The Morgan fingerprint density at radius 3 is 2.05 bits per heavy atom. The molecule has 1 unspecified atom stereocenters. The third kappa shape index (κ3) is 1.97. The molecule has 5 aliphatic rings. The highest BCUT2D eigenvalue weighted by Gasteiger charge is 2.51. The van der Waals surface area contributed by atoms with Crippen molar-refractivity contribution in [1.82, 2.24) is 9.80 Å². The van der Waals surface area contributed by atoms with Gasteiger partial charge in [0.1, 0.15) is 0 Å². The summed E-state index contributed by atoms with van der Waals surface area (Å²) < 4.78 is 0. The quantitative estimate of drug-likeness (QED) is 0.838. The SMILES string of the molecule is NCC1(N2CCC3(CCCC3)CC2)CN2CCC1CC2. The fraction of sp³-hybridized carbons (Fsp3) is 1.00. The smallest absolute Gasteiger partial charge is 0.0487 e. The highest BCUT2D eigenvalue weighted by Crippen LogP contribution is 2.49. The summed E-state index contributed by atoms with van der Waals surface area (Å²) in [6.07, 6.45) is 11.6. The minimum Gasteiger partial charge on any atom is -0.329 e. The van der Waals surface area contributed by atoms with Crippen LogP contribution in [0.25, 0.3) is 0 Å². The zero-order chi connectivity index (χ0) is 13.6. The van der Waals surface area contributed by atoms with Gasteiger partial charge in [-0.3, -0.25) is 4.90 Å². The van der Waals surface area contributed by atoms with Crippen molar-refractivity contribution in [3.8, 4) is 0 Å². The van der Waals surface area contributed by atoms with E-state index in [-0.39, 0.29) is 0 Å². The Morgan fingerprint density at radius 1 is 0.900 bits per heavy atom. The minimum absolute atomic E-state index is 0.330. The normalized spacial score (nSPS) is 44.2. The molecule has 0 amide bonds. The highest BCUT2D eigenvalue weighted by atomic mass is 15.3. The molecule has 1 atom stereocenters. The second-order valence-electron chi connectivity index (χ2n) is 8.05. The van der Waals surface area contributed by atoms with Gasteiger partial charge in [-0.05, 0) is 76.0 Å². The molecule has 4 aliphatic heterocycles. The number of nitrogens with zero attached hydrogens (tertiary/aromatic N) is 2. The lowest BCUT2D eigenvalue weighted by Gasteiger charge is -2.59. The lowest BCUT2D eigenvalue weighted by molar-refractivity contribution is -0.0871. The van der Waals surface area contributed by atoms with Crippen molar-refractivity contribution in [2.45, 2.75) is 56.9 Å². The van der Waals surface area contributed by atoms with Crippen LogP contribution in [0.4, 0.5) is 0 Å². The van der Waals surface area contributed by atoms with Gasteiger partial charge in [-0.2, -0.15) is 0 Å². The fourth-order valence-corrected chi connectivity index (χ4v) is 5.91. The van der Waals surface area contributed by atoms with Crippen LogP contribution in [0.15, 0.2) is 0 Å². The van der Waals surface area contributed by atoms with Crippen molar-refractivity contribution in [3.05, 3.63) is 0 Å². The molecule has 4 heterocycles. The first-order valence-electron chi connectivity index (χ1n) is 8.94. The summed E-state index contributed by atoms with van der Waals surface area (Å²) in [5, 5.41) is 0. The first kappa shape index (κ1) is 13.5. The van der Waals surface area contributed by atoms with E-state index in [2.05, 4.69) is 9.80 Å². The van der Waals surface area contributed by atoms with E-state index < -0.39 is 0 Å². The zero-order valence-electron chi connectivity index (χ0n) is 12.9. The van der Waals surface area contributed by atoms with E-state index in [9.17, 15) is 0 Å². The van der Waals surface area contributed by atoms with Crippen molar-refractivity contribution in [2.24, 2.45) is 17.1 Å². The van der Waals surface area contributed by atoms with E-state index in [0.29, 0.717) is 5.54 Å². The van der Waals surface area contributed by atoms with Gasteiger partial charge in [-0.1, -0.05) is 12.8 Å². The van der Waals surface area contributed by atoms with Crippen LogP contribution in [-0.2, 0) is 0 Å². The third-order valence-electron chi connectivity index (χ3n) is 7.32. The molecule has 114 valence electrons. The molecule has 1 spiro atoms. The molecule has 2 bridgehead atoms. The number of hydrogen-bond donors (Lipinski definition) is 1. The molecular formula is C17H31N3. The van der Waals surface area contributed by atoms with Gasteiger partial charge in [0.05, 0.1) is 0 Å². The van der Waals surface area contributed by atoms with Crippen molar-refractivity contribution >= 4 is 0 Å². The summed E-state index contributed by atoms with van der Waals surface area (Å²) in [4.78, 5) is 5.50. The average molecular weight is 277 g/mol. The monoisotopic (exact) mass is 277 g/mol. The molecule has 2 N–H and O–H groups in total. The van der Waals surface area contributed by atoms with E-state index in [1.54, 1.807) is 0 Å². The van der Waals surface area contributed by atoms with Crippen LogP contribution in [0.3, 0.4) is 0 Å². The molecule has 5 rings (SSSR count). The van der Waals surface area contributed by atoms with Gasteiger partial charge >= 0.3 is 0 Å². The van der Waals surface area contributed by atoms with E-state index in [1.165, 1.54) is 84.1 Å². The van der Waals surface area contributed by atoms with Gasteiger partial charge in [0.2, 0.25) is 0 Å². The van der Waals surface area contributed by atoms with E-state index in [1.807, 2.05) is 0 Å². The number of nitrogens with two attached hydrogens (primary N) is 1. The van der Waals surface area contributed by atoms with Gasteiger partial charge < -0.3 is 10.6 Å². The molecule has 4 saturated heterocycles. The van der Waals surface area contributed by atoms with E-state index in [0.717, 1.165) is 17.9 Å². The Labute approximate surface area is 123 Å². The second kappa shape index (κ2) is 4.96. The highest BCUT2D eigenvalue weighted by molar-refractivity contribution is 5.07. The summed E-state index contributed by atoms with van der Waals surface area (Å²) >= 11 is 0. The fourth-order valence-electron chi connectivity index (χ4n) is 5.91. The van der Waals surface area contributed by atoms with Crippen LogP contribution in [0.2, 0.25) is 0 Å². The van der Waals surface area contributed by atoms with Crippen molar-refractivity contribution < 1.29 is 0 Å². The van der Waals surface area contributed by atoms with Crippen LogP contribution >= 0.6 is 0 Å². The molecule has 0 aromatic heterocycles. The number of likely N-dealkylation sites (tertiary alicyclic amines) is 1. The zero-order valence-corrected chi connectivity index (χ0v) is 12.9. The van der Waals surface area contributed by atoms with Crippen LogP contribution in [0.1, 0.15) is 51.4 Å². The van der Waals surface area contributed by atoms with E-state index >= 15 is 0 Å². The molecule has 0 aromatic carbocycles. The summed E-state index contributed by atoms with van der Waals surface area (Å²) in [5.41, 5.74) is 7.40. The maximum absolute atomic E-state index is 6.33. The molecule has 1 aliphatic carbocycles. The molecule has 1 saturated carbocycles. The predicted octanol–water partition coefficient (Wildman–Crippen LogP) is 2.07. The summed E-state index contributed by atoms with van der Waals surface area (Å²) in [6, 6.07) is 0. The molecule has 3 nitrogen and oxygen atoms in total. The first-order chi connectivity index (χ1) is 9.76. The van der Waals surface area contributed by atoms with Gasteiger partial charge in [-0.15, -0.1) is 0 Å². The number of fused-ring (bicyclic) bond motifs is 3. The average Bonchev–Trinajstić information content (AvgIpc) is 2.97. The van der Waals surface area contributed by atoms with Crippen molar-refractivity contribution in [2.75, 3.05) is 39.3 Å². The van der Waals surface area contributed by atoms with Crippen LogP contribution in [-0.4, -0.2) is 54.6 Å². The van der Waals surface area contributed by atoms with Crippen LogP contribution in [0, 0.1) is 11.3 Å². The minimum atomic E-state index is 0.330. The van der Waals surface area contributed by atoms with Crippen molar-refractivity contribution in [1.29, 1.82) is 0 Å². The van der Waals surface area contributed by atoms with Gasteiger partial charge in [0.25, 0.3) is 0 Å². The molecule has 3 heteroatoms. The molecule has 0 aromatic rings. The Hall–Kier alpha value is -0.120. The maximum atomic E-state index is 6.33. The third-order valence-corrected chi connectivity index (χ3v) is 7.32. The Balaban J connectivity index is 1.49. The largest absolute Gasteiger partial charge is 0.329 e. The molecule has 20 heavy (non-hydrogen) atoms. The van der Waals surface area contributed by atoms with Crippen molar-refractivity contribution in [3.63, 3.8) is 0 Å². The number of hydrogen-bond acceptors (Lipinski definition) is 3. The predicted molar refractivity (Wildman–Crippen MR) is 82.7 cm³/mol. The molecular weight excluding hydrogens is 246 g/mol. The lowest BCUT2D eigenvalue weighted by Crippen LogP contribution is -2.71. The second-order valence-corrected chi connectivity index (χ2v) is 8.05. The lowest BCUT2D eigenvalue weighted by atomic mass is 9.69. The Kier molecular flexibility index (Phi) is 3.36.